The molecule has 23 heavy (non-hydrogen) atoms. The highest BCUT2D eigenvalue weighted by Crippen LogP contribution is 2.40. The summed E-state index contributed by atoms with van der Waals surface area (Å²) in [5.41, 5.74) is 2.60. The molecule has 2 saturated heterocycles. The molecule has 1 N–H and O–H groups in total. The van der Waals surface area contributed by atoms with Gasteiger partial charge in [0.25, 0.3) is 0 Å². The predicted octanol–water partition coefficient (Wildman–Crippen LogP) is 2.08. The van der Waals surface area contributed by atoms with E-state index in [0.717, 1.165) is 69.7 Å². The summed E-state index contributed by atoms with van der Waals surface area (Å²) in [5, 5.41) is 7.47. The minimum absolute atomic E-state index is 0.0535. The normalized spacial score (nSPS) is 20.7. The van der Waals surface area contributed by atoms with Crippen LogP contribution in [0.15, 0.2) is 6.20 Å². The Labute approximate surface area is 138 Å². The Morgan fingerprint density at radius 2 is 2.00 bits per heavy atom. The highest BCUT2D eigenvalue weighted by atomic mass is 16.5. The predicted molar refractivity (Wildman–Crippen MR) is 88.1 cm³/mol. The second-order valence-electron chi connectivity index (χ2n) is 6.89. The minimum Gasteiger partial charge on any atom is -0.381 e. The number of nitrogens with one attached hydrogen (secondary N) is 1. The highest BCUT2D eigenvalue weighted by molar-refractivity contribution is 5.74. The van der Waals surface area contributed by atoms with Crippen LogP contribution >= 0.6 is 0 Å². The molecule has 2 fully saturated rings. The van der Waals surface area contributed by atoms with E-state index >= 15 is 0 Å². The van der Waals surface area contributed by atoms with E-state index in [0.29, 0.717) is 12.0 Å². The van der Waals surface area contributed by atoms with Gasteiger partial charge in [0.1, 0.15) is 0 Å². The Hall–Kier alpha value is -1.56. The molecule has 0 unspecified atom stereocenters. The fourth-order valence-corrected chi connectivity index (χ4v) is 3.80. The molecule has 3 heterocycles. The van der Waals surface area contributed by atoms with Crippen molar-refractivity contribution < 1.29 is 9.53 Å². The average Bonchev–Trinajstić information content (AvgIpc) is 2.94. The van der Waals surface area contributed by atoms with Crippen LogP contribution in [0.2, 0.25) is 0 Å². The lowest BCUT2D eigenvalue weighted by Crippen LogP contribution is -2.48. The first-order valence-corrected chi connectivity index (χ1v) is 8.74. The monoisotopic (exact) mass is 320 g/mol. The number of nitrogens with zero attached hydrogens (tertiary/aromatic N) is 3. The maximum Gasteiger partial charge on any atom is 0.317 e. The summed E-state index contributed by atoms with van der Waals surface area (Å²) in [4.78, 5) is 14.4. The lowest BCUT2D eigenvalue weighted by atomic mass is 9.72. The van der Waals surface area contributed by atoms with Crippen molar-refractivity contribution in [2.45, 2.75) is 45.6 Å². The van der Waals surface area contributed by atoms with Gasteiger partial charge in [-0.15, -0.1) is 0 Å². The SMILES string of the molecule is CCc1nn(C)cc1CNC(=O)N1CCC2(CCOCC2)CC1. The number of urea groups is 1. The van der Waals surface area contributed by atoms with Gasteiger partial charge in [0, 0.05) is 51.7 Å². The minimum atomic E-state index is 0.0535. The number of piperidine rings is 1. The zero-order valence-corrected chi connectivity index (χ0v) is 14.3. The van der Waals surface area contributed by atoms with E-state index in [9.17, 15) is 4.79 Å². The summed E-state index contributed by atoms with van der Waals surface area (Å²) in [5.74, 6) is 0. The molecule has 1 spiro atoms. The Bertz CT molecular complexity index is 539. The van der Waals surface area contributed by atoms with Gasteiger partial charge in [-0.05, 0) is 37.5 Å². The van der Waals surface area contributed by atoms with Crippen molar-refractivity contribution in [2.75, 3.05) is 26.3 Å². The number of hydrogen-bond acceptors (Lipinski definition) is 3. The maximum atomic E-state index is 12.4. The molecule has 0 saturated carbocycles. The first-order valence-electron chi connectivity index (χ1n) is 8.74. The molecule has 0 aromatic carbocycles. The van der Waals surface area contributed by atoms with Crippen molar-refractivity contribution in [1.29, 1.82) is 0 Å². The molecule has 0 radical (unpaired) electrons. The van der Waals surface area contributed by atoms with Crippen LogP contribution < -0.4 is 5.32 Å². The summed E-state index contributed by atoms with van der Waals surface area (Å²) in [6.45, 7) is 6.13. The molecule has 2 aliphatic rings. The first kappa shape index (κ1) is 16.3. The first-order chi connectivity index (χ1) is 11.1. The van der Waals surface area contributed by atoms with Crippen LogP contribution in [-0.2, 0) is 24.8 Å². The van der Waals surface area contributed by atoms with Crippen LogP contribution in [0.1, 0.15) is 43.9 Å². The number of ether oxygens (including phenoxy) is 1. The zero-order chi connectivity index (χ0) is 16.3. The van der Waals surface area contributed by atoms with Gasteiger partial charge >= 0.3 is 6.03 Å². The van der Waals surface area contributed by atoms with Crippen LogP contribution in [0.4, 0.5) is 4.79 Å². The topological polar surface area (TPSA) is 59.4 Å². The molecule has 128 valence electrons. The van der Waals surface area contributed by atoms with Crippen LogP contribution in [0.25, 0.3) is 0 Å². The highest BCUT2D eigenvalue weighted by Gasteiger charge is 2.37. The smallest absolute Gasteiger partial charge is 0.317 e. The van der Waals surface area contributed by atoms with E-state index in [1.165, 1.54) is 0 Å². The van der Waals surface area contributed by atoms with Crippen LogP contribution in [0, 0.1) is 5.41 Å². The quantitative estimate of drug-likeness (QED) is 0.927. The molecular formula is C17H28N4O2. The standard InChI is InChI=1S/C17H28N4O2/c1-3-15-14(13-20(2)19-15)12-18-16(22)21-8-4-17(5-9-21)6-10-23-11-7-17/h13H,3-12H2,1-2H3,(H,18,22). The van der Waals surface area contributed by atoms with Crippen molar-refractivity contribution in [3.63, 3.8) is 0 Å². The van der Waals surface area contributed by atoms with Gasteiger partial charge in [-0.3, -0.25) is 4.68 Å². The maximum absolute atomic E-state index is 12.4. The van der Waals surface area contributed by atoms with Crippen molar-refractivity contribution in [3.05, 3.63) is 17.5 Å². The third-order valence-electron chi connectivity index (χ3n) is 5.42. The number of likely N-dealkylation sites (tertiary alicyclic amines) is 1. The van der Waals surface area contributed by atoms with E-state index in [2.05, 4.69) is 17.3 Å². The Balaban J connectivity index is 1.49. The van der Waals surface area contributed by atoms with Gasteiger partial charge in [0.2, 0.25) is 0 Å². The summed E-state index contributed by atoms with van der Waals surface area (Å²) in [6.07, 6.45) is 7.40. The molecule has 6 nitrogen and oxygen atoms in total. The largest absolute Gasteiger partial charge is 0.381 e. The summed E-state index contributed by atoms with van der Waals surface area (Å²) < 4.78 is 7.30. The fourth-order valence-electron chi connectivity index (χ4n) is 3.80. The lowest BCUT2D eigenvalue weighted by Gasteiger charge is -2.44. The van der Waals surface area contributed by atoms with E-state index in [4.69, 9.17) is 4.74 Å². The van der Waals surface area contributed by atoms with Crippen molar-refractivity contribution in [2.24, 2.45) is 12.5 Å². The van der Waals surface area contributed by atoms with E-state index < -0.39 is 0 Å². The second kappa shape index (κ2) is 6.91. The van der Waals surface area contributed by atoms with Crippen LogP contribution in [-0.4, -0.2) is 47.0 Å². The molecule has 2 aliphatic heterocycles. The lowest BCUT2D eigenvalue weighted by molar-refractivity contribution is -0.0145. The zero-order valence-electron chi connectivity index (χ0n) is 14.3. The molecule has 0 atom stereocenters. The molecule has 3 rings (SSSR count). The van der Waals surface area contributed by atoms with E-state index in [1.807, 2.05) is 22.8 Å². The van der Waals surface area contributed by atoms with Crippen LogP contribution in [0.5, 0.6) is 0 Å². The third-order valence-corrected chi connectivity index (χ3v) is 5.42. The fraction of sp³-hybridized carbons (Fsp3) is 0.765. The molecular weight excluding hydrogens is 292 g/mol. The van der Waals surface area contributed by atoms with E-state index in [-0.39, 0.29) is 6.03 Å². The number of aryl methyl sites for hydroxylation is 2. The number of carbonyl (C=O) groups excluding carboxylic acids is 1. The number of aromatic nitrogens is 2. The van der Waals surface area contributed by atoms with Crippen molar-refractivity contribution >= 4 is 6.03 Å². The molecule has 2 amide bonds. The number of carbonyl (C=O) groups is 1. The Morgan fingerprint density at radius 1 is 1.30 bits per heavy atom. The van der Waals surface area contributed by atoms with Gasteiger partial charge in [-0.25, -0.2) is 4.79 Å². The molecule has 6 heteroatoms. The van der Waals surface area contributed by atoms with Gasteiger partial charge in [-0.2, -0.15) is 5.10 Å². The van der Waals surface area contributed by atoms with Gasteiger partial charge < -0.3 is 15.0 Å². The van der Waals surface area contributed by atoms with Crippen molar-refractivity contribution in [3.8, 4) is 0 Å². The summed E-state index contributed by atoms with van der Waals surface area (Å²) in [6, 6.07) is 0.0535. The van der Waals surface area contributed by atoms with Crippen LogP contribution in [0.3, 0.4) is 0 Å². The Kier molecular flexibility index (Phi) is 4.90. The summed E-state index contributed by atoms with van der Waals surface area (Å²) >= 11 is 0. The molecule has 0 aliphatic carbocycles. The van der Waals surface area contributed by atoms with Gasteiger partial charge in [-0.1, -0.05) is 6.92 Å². The van der Waals surface area contributed by atoms with E-state index in [1.54, 1.807) is 0 Å². The van der Waals surface area contributed by atoms with Gasteiger partial charge in [0.15, 0.2) is 0 Å². The summed E-state index contributed by atoms with van der Waals surface area (Å²) in [7, 11) is 1.92. The molecule has 1 aromatic rings. The van der Waals surface area contributed by atoms with Crippen molar-refractivity contribution in [1.82, 2.24) is 20.0 Å². The molecule has 1 aromatic heterocycles. The van der Waals surface area contributed by atoms with Gasteiger partial charge in [0.05, 0.1) is 5.69 Å². The second-order valence-corrected chi connectivity index (χ2v) is 6.89. The average molecular weight is 320 g/mol. The Morgan fingerprint density at radius 3 is 2.65 bits per heavy atom. The number of rotatable bonds is 3. The number of hydrogen-bond donors (Lipinski definition) is 1. The molecule has 0 bridgehead atoms. The third kappa shape index (κ3) is 3.68. The number of amides is 2.